The molecule has 1 fully saturated rings. The summed E-state index contributed by atoms with van der Waals surface area (Å²) < 4.78 is 12.7. The summed E-state index contributed by atoms with van der Waals surface area (Å²) >= 11 is 6.12. The van der Waals surface area contributed by atoms with Gasteiger partial charge in [0.25, 0.3) is 11.5 Å². The van der Waals surface area contributed by atoms with Gasteiger partial charge in [-0.1, -0.05) is 41.9 Å². The van der Waals surface area contributed by atoms with E-state index in [0.29, 0.717) is 47.5 Å². The molecule has 1 amide bonds. The molecule has 0 spiro atoms. The van der Waals surface area contributed by atoms with Crippen LogP contribution in [0.1, 0.15) is 10.4 Å². The summed E-state index contributed by atoms with van der Waals surface area (Å²) in [5.41, 5.74) is 1.37. The van der Waals surface area contributed by atoms with Gasteiger partial charge in [0.05, 0.1) is 25.1 Å². The second kappa shape index (κ2) is 12.6. The van der Waals surface area contributed by atoms with Crippen LogP contribution in [0.5, 0.6) is 11.5 Å². The van der Waals surface area contributed by atoms with Crippen molar-refractivity contribution in [3.8, 4) is 17.2 Å². The van der Waals surface area contributed by atoms with Crippen LogP contribution in [0.3, 0.4) is 0 Å². The predicted molar refractivity (Wildman–Crippen MR) is 151 cm³/mol. The molecule has 1 aliphatic heterocycles. The normalized spacial score (nSPS) is 13.6. The van der Waals surface area contributed by atoms with E-state index < -0.39 is 5.56 Å². The van der Waals surface area contributed by atoms with Gasteiger partial charge in [-0.3, -0.25) is 14.5 Å². The highest BCUT2D eigenvalue weighted by molar-refractivity contribution is 6.30. The maximum atomic E-state index is 13.6. The van der Waals surface area contributed by atoms with Crippen molar-refractivity contribution in [2.24, 2.45) is 0 Å². The molecule has 200 valence electrons. The van der Waals surface area contributed by atoms with E-state index in [1.54, 1.807) is 60.7 Å². The van der Waals surface area contributed by atoms with Crippen LogP contribution in [0.4, 0.5) is 11.4 Å². The number of nitrogens with one attached hydrogen (secondary N) is 2. The highest BCUT2D eigenvalue weighted by atomic mass is 35.5. The summed E-state index contributed by atoms with van der Waals surface area (Å²) in [4.78, 5) is 28.7. The molecule has 3 aromatic carbocycles. The van der Waals surface area contributed by atoms with Crippen LogP contribution in [0, 0.1) is 0 Å². The number of anilines is 2. The molecule has 0 radical (unpaired) electrons. The Bertz CT molecular complexity index is 1490. The van der Waals surface area contributed by atoms with Gasteiger partial charge in [0.15, 0.2) is 11.4 Å². The minimum absolute atomic E-state index is 0.165. The number of carbonyl (C=O) groups excluding carboxylic acids is 1. The second-order valence-electron chi connectivity index (χ2n) is 8.91. The van der Waals surface area contributed by atoms with Gasteiger partial charge < -0.3 is 20.1 Å². The van der Waals surface area contributed by atoms with E-state index in [9.17, 15) is 9.59 Å². The summed E-state index contributed by atoms with van der Waals surface area (Å²) in [6.07, 6.45) is 1.47. The fourth-order valence-electron chi connectivity index (χ4n) is 4.18. The fraction of sp³-hybridized carbons (Fsp3) is 0.207. The van der Waals surface area contributed by atoms with E-state index in [1.807, 2.05) is 18.2 Å². The topological polar surface area (TPSA) is 97.7 Å². The van der Waals surface area contributed by atoms with Crippen molar-refractivity contribution in [2.75, 3.05) is 44.7 Å². The van der Waals surface area contributed by atoms with E-state index in [4.69, 9.17) is 21.1 Å². The Morgan fingerprint density at radius 3 is 2.59 bits per heavy atom. The lowest BCUT2D eigenvalue weighted by Gasteiger charge is -2.26. The monoisotopic (exact) mass is 545 g/mol. The van der Waals surface area contributed by atoms with E-state index >= 15 is 0 Å². The first-order chi connectivity index (χ1) is 19.1. The molecular formula is C29H28ClN5O4. The van der Waals surface area contributed by atoms with Gasteiger partial charge in [0.1, 0.15) is 5.75 Å². The van der Waals surface area contributed by atoms with Crippen LogP contribution in [0.25, 0.3) is 5.69 Å². The third kappa shape index (κ3) is 6.83. The van der Waals surface area contributed by atoms with Gasteiger partial charge >= 0.3 is 0 Å². The summed E-state index contributed by atoms with van der Waals surface area (Å²) in [7, 11) is 0. The molecule has 1 saturated heterocycles. The van der Waals surface area contributed by atoms with Gasteiger partial charge in [-0.2, -0.15) is 9.78 Å². The molecule has 39 heavy (non-hydrogen) atoms. The van der Waals surface area contributed by atoms with Crippen molar-refractivity contribution in [2.45, 2.75) is 0 Å². The number of para-hydroxylation sites is 1. The molecular weight excluding hydrogens is 518 g/mol. The number of ether oxygens (including phenoxy) is 2. The van der Waals surface area contributed by atoms with Gasteiger partial charge in [-0.05, 0) is 48.5 Å². The third-order valence-electron chi connectivity index (χ3n) is 6.18. The molecule has 0 unspecified atom stereocenters. The molecule has 10 heteroatoms. The van der Waals surface area contributed by atoms with Gasteiger partial charge in [0.2, 0.25) is 0 Å². The zero-order valence-corrected chi connectivity index (χ0v) is 21.9. The van der Waals surface area contributed by atoms with Crippen LogP contribution in [-0.2, 0) is 4.74 Å². The number of aromatic nitrogens is 2. The second-order valence-corrected chi connectivity index (χ2v) is 9.35. The summed E-state index contributed by atoms with van der Waals surface area (Å²) in [5.74, 6) is 0.478. The fourth-order valence-corrected chi connectivity index (χ4v) is 4.36. The van der Waals surface area contributed by atoms with E-state index in [2.05, 4.69) is 20.6 Å². The first kappa shape index (κ1) is 26.4. The average molecular weight is 546 g/mol. The summed E-state index contributed by atoms with van der Waals surface area (Å²) in [6.45, 7) is 4.44. The number of amides is 1. The standard InChI is InChI=1S/C29H28ClN5O4/c30-22-7-5-11-25(19-22)39-26-20-32-35(24-9-2-1-3-10-24)29(37)27(26)33-23-8-4-6-21(18-23)28(36)31-12-13-34-14-16-38-17-15-34/h1-11,18-20,33H,12-17H2,(H,31,36). The molecule has 5 rings (SSSR count). The van der Waals surface area contributed by atoms with Crippen molar-refractivity contribution in [1.82, 2.24) is 20.0 Å². The first-order valence-electron chi connectivity index (χ1n) is 12.6. The highest BCUT2D eigenvalue weighted by Crippen LogP contribution is 2.30. The van der Waals surface area contributed by atoms with Crippen LogP contribution in [-0.4, -0.2) is 60.0 Å². The number of benzene rings is 3. The zero-order chi connectivity index (χ0) is 27.0. The number of hydrogen-bond donors (Lipinski definition) is 2. The zero-order valence-electron chi connectivity index (χ0n) is 21.2. The van der Waals surface area contributed by atoms with Crippen molar-refractivity contribution in [1.29, 1.82) is 0 Å². The Morgan fingerprint density at radius 2 is 1.79 bits per heavy atom. The number of carbonyl (C=O) groups is 1. The number of halogens is 1. The third-order valence-corrected chi connectivity index (χ3v) is 6.41. The maximum Gasteiger partial charge on any atom is 0.299 e. The maximum absolute atomic E-state index is 13.6. The Labute approximate surface area is 230 Å². The van der Waals surface area contributed by atoms with Gasteiger partial charge in [-0.25, -0.2) is 0 Å². The SMILES string of the molecule is O=C(NCCN1CCOCC1)c1cccc(Nc2c(Oc3cccc(Cl)c3)cnn(-c3ccccc3)c2=O)c1. The molecule has 2 heterocycles. The summed E-state index contributed by atoms with van der Waals surface area (Å²) in [6, 6.07) is 22.9. The first-order valence-corrected chi connectivity index (χ1v) is 13.0. The number of rotatable bonds is 9. The Balaban J connectivity index is 1.39. The van der Waals surface area contributed by atoms with Crippen LogP contribution in [0.15, 0.2) is 89.9 Å². The molecule has 1 aromatic heterocycles. The molecule has 0 bridgehead atoms. The molecule has 2 N–H and O–H groups in total. The Morgan fingerprint density at radius 1 is 1.00 bits per heavy atom. The highest BCUT2D eigenvalue weighted by Gasteiger charge is 2.17. The largest absolute Gasteiger partial charge is 0.453 e. The Kier molecular flexibility index (Phi) is 8.52. The number of morpholine rings is 1. The lowest BCUT2D eigenvalue weighted by molar-refractivity contribution is 0.0383. The lowest BCUT2D eigenvalue weighted by atomic mass is 10.2. The minimum Gasteiger partial charge on any atom is -0.453 e. The van der Waals surface area contributed by atoms with Gasteiger partial charge in [0, 0.05) is 42.5 Å². The molecule has 1 aliphatic rings. The number of nitrogens with zero attached hydrogens (tertiary/aromatic N) is 3. The van der Waals surface area contributed by atoms with E-state index in [1.165, 1.54) is 10.9 Å². The lowest BCUT2D eigenvalue weighted by Crippen LogP contribution is -2.41. The van der Waals surface area contributed by atoms with Crippen molar-refractivity contribution < 1.29 is 14.3 Å². The molecule has 4 aromatic rings. The predicted octanol–water partition coefficient (Wildman–Crippen LogP) is 4.48. The molecule has 0 aliphatic carbocycles. The smallest absolute Gasteiger partial charge is 0.299 e. The quantitative estimate of drug-likeness (QED) is 0.320. The van der Waals surface area contributed by atoms with E-state index in [0.717, 1.165) is 19.6 Å². The van der Waals surface area contributed by atoms with Crippen LogP contribution >= 0.6 is 11.6 Å². The average Bonchev–Trinajstić information content (AvgIpc) is 2.96. The summed E-state index contributed by atoms with van der Waals surface area (Å²) in [5, 5.41) is 10.9. The minimum atomic E-state index is -0.416. The molecule has 0 atom stereocenters. The molecule has 9 nitrogen and oxygen atoms in total. The van der Waals surface area contributed by atoms with Gasteiger partial charge in [-0.15, -0.1) is 0 Å². The van der Waals surface area contributed by atoms with E-state index in [-0.39, 0.29) is 17.3 Å². The number of hydrogen-bond acceptors (Lipinski definition) is 7. The molecule has 0 saturated carbocycles. The van der Waals surface area contributed by atoms with Crippen molar-refractivity contribution in [3.05, 3.63) is 106 Å². The van der Waals surface area contributed by atoms with Crippen LogP contribution in [0.2, 0.25) is 5.02 Å². The Hall–Kier alpha value is -4.18. The van der Waals surface area contributed by atoms with Crippen molar-refractivity contribution in [3.63, 3.8) is 0 Å². The van der Waals surface area contributed by atoms with Crippen LogP contribution < -0.4 is 20.9 Å². The van der Waals surface area contributed by atoms with Crippen molar-refractivity contribution >= 4 is 28.9 Å².